The predicted molar refractivity (Wildman–Crippen MR) is 63.7 cm³/mol. The van der Waals surface area contributed by atoms with Crippen LogP contribution in [0.3, 0.4) is 0 Å². The Morgan fingerprint density at radius 2 is 1.94 bits per heavy atom. The minimum atomic E-state index is -3.29. The highest BCUT2D eigenvalue weighted by atomic mass is 32.2. The first-order valence-corrected chi connectivity index (χ1v) is 6.98. The molecule has 0 heterocycles. The van der Waals surface area contributed by atoms with Gasteiger partial charge >= 0.3 is 0 Å². The van der Waals surface area contributed by atoms with Crippen LogP contribution in [0.25, 0.3) is 0 Å². The Morgan fingerprint density at radius 1 is 1.31 bits per heavy atom. The first-order valence-electron chi connectivity index (χ1n) is 5.54. The lowest BCUT2D eigenvalue weighted by Gasteiger charge is -2.18. The summed E-state index contributed by atoms with van der Waals surface area (Å²) in [6.45, 7) is 2.48. The Hall–Kier alpha value is -0.870. The molecule has 4 heteroatoms. The van der Waals surface area contributed by atoms with Gasteiger partial charge < -0.3 is 0 Å². The number of sulfonamides is 1. The molecule has 0 spiro atoms. The molecule has 0 N–H and O–H groups in total. The zero-order valence-corrected chi connectivity index (χ0v) is 10.5. The number of benzene rings is 1. The molecule has 0 aliphatic heterocycles. The van der Waals surface area contributed by atoms with Crippen molar-refractivity contribution in [3.63, 3.8) is 0 Å². The fraction of sp³-hybridized carbons (Fsp3) is 0.500. The number of rotatable bonds is 4. The van der Waals surface area contributed by atoms with Gasteiger partial charge in [-0.25, -0.2) is 12.7 Å². The average molecular weight is 239 g/mol. The first kappa shape index (κ1) is 11.6. The largest absolute Gasteiger partial charge is 0.243 e. The molecular weight excluding hydrogens is 222 g/mol. The summed E-state index contributed by atoms with van der Waals surface area (Å²) in [4.78, 5) is 0.429. The van der Waals surface area contributed by atoms with Crippen LogP contribution in [0.2, 0.25) is 0 Å². The van der Waals surface area contributed by atoms with Gasteiger partial charge in [0.1, 0.15) is 0 Å². The Morgan fingerprint density at radius 3 is 2.50 bits per heavy atom. The predicted octanol–water partition coefficient (Wildman–Crippen LogP) is 2.03. The SMILES string of the molecule is Cc1ccccc1S(=O)(=O)N(C)CC1CC1. The molecule has 1 aromatic rings. The smallest absolute Gasteiger partial charge is 0.207 e. The molecule has 0 aromatic heterocycles. The van der Waals surface area contributed by atoms with Gasteiger partial charge in [0, 0.05) is 13.6 Å². The molecule has 1 saturated carbocycles. The van der Waals surface area contributed by atoms with Gasteiger partial charge in [0.05, 0.1) is 4.90 Å². The Balaban J connectivity index is 2.27. The zero-order chi connectivity index (χ0) is 11.8. The summed E-state index contributed by atoms with van der Waals surface area (Å²) in [6.07, 6.45) is 2.32. The summed E-state index contributed by atoms with van der Waals surface area (Å²) in [5.41, 5.74) is 0.810. The van der Waals surface area contributed by atoms with Crippen molar-refractivity contribution in [3.8, 4) is 0 Å². The van der Waals surface area contributed by atoms with Crippen LogP contribution in [0.1, 0.15) is 18.4 Å². The summed E-state index contributed by atoms with van der Waals surface area (Å²) in [6, 6.07) is 7.13. The lowest BCUT2D eigenvalue weighted by Crippen LogP contribution is -2.29. The van der Waals surface area contributed by atoms with Gasteiger partial charge in [-0.1, -0.05) is 18.2 Å². The molecule has 0 saturated heterocycles. The van der Waals surface area contributed by atoms with Crippen molar-refractivity contribution in [1.29, 1.82) is 0 Å². The van der Waals surface area contributed by atoms with Gasteiger partial charge in [0.15, 0.2) is 0 Å². The Bertz CT molecular complexity index is 478. The number of aryl methyl sites for hydroxylation is 1. The van der Waals surface area contributed by atoms with E-state index >= 15 is 0 Å². The van der Waals surface area contributed by atoms with Crippen LogP contribution < -0.4 is 0 Å². The van der Waals surface area contributed by atoms with E-state index in [1.807, 2.05) is 19.1 Å². The van der Waals surface area contributed by atoms with Crippen LogP contribution in [0.5, 0.6) is 0 Å². The van der Waals surface area contributed by atoms with E-state index in [-0.39, 0.29) is 0 Å². The van der Waals surface area contributed by atoms with Crippen LogP contribution in [0.4, 0.5) is 0 Å². The topological polar surface area (TPSA) is 37.4 Å². The summed E-state index contributed by atoms with van der Waals surface area (Å²) in [5, 5.41) is 0. The molecule has 16 heavy (non-hydrogen) atoms. The second-order valence-electron chi connectivity index (χ2n) is 4.49. The van der Waals surface area contributed by atoms with E-state index in [4.69, 9.17) is 0 Å². The monoisotopic (exact) mass is 239 g/mol. The van der Waals surface area contributed by atoms with E-state index in [9.17, 15) is 8.42 Å². The quantitative estimate of drug-likeness (QED) is 0.806. The van der Waals surface area contributed by atoms with E-state index in [2.05, 4.69) is 0 Å². The molecule has 1 aliphatic carbocycles. The maximum absolute atomic E-state index is 12.2. The fourth-order valence-corrected chi connectivity index (χ4v) is 3.24. The number of hydrogen-bond acceptors (Lipinski definition) is 2. The van der Waals surface area contributed by atoms with Crippen LogP contribution in [0.15, 0.2) is 29.2 Å². The van der Waals surface area contributed by atoms with Gasteiger partial charge in [-0.2, -0.15) is 0 Å². The highest BCUT2D eigenvalue weighted by Gasteiger charge is 2.29. The first-order chi connectivity index (χ1) is 7.51. The van der Waals surface area contributed by atoms with Gasteiger partial charge in [-0.05, 0) is 37.3 Å². The molecule has 3 nitrogen and oxygen atoms in total. The van der Waals surface area contributed by atoms with Crippen molar-refractivity contribution < 1.29 is 8.42 Å². The molecule has 0 amide bonds. The highest BCUT2D eigenvalue weighted by Crippen LogP contribution is 2.31. The third kappa shape index (κ3) is 2.28. The van der Waals surface area contributed by atoms with Crippen molar-refractivity contribution in [3.05, 3.63) is 29.8 Å². The van der Waals surface area contributed by atoms with Crippen molar-refractivity contribution in [1.82, 2.24) is 4.31 Å². The Kier molecular flexibility index (Phi) is 3.04. The standard InChI is InChI=1S/C12H17NO2S/c1-10-5-3-4-6-12(10)16(14,15)13(2)9-11-7-8-11/h3-6,11H,7-9H2,1-2H3. The maximum atomic E-state index is 12.2. The third-order valence-electron chi connectivity index (χ3n) is 2.99. The summed E-state index contributed by atoms with van der Waals surface area (Å²) in [7, 11) is -1.62. The number of hydrogen-bond donors (Lipinski definition) is 0. The van der Waals surface area contributed by atoms with E-state index in [1.54, 1.807) is 19.2 Å². The van der Waals surface area contributed by atoms with E-state index < -0.39 is 10.0 Å². The second-order valence-corrected chi connectivity index (χ2v) is 6.51. The second kappa shape index (κ2) is 4.18. The zero-order valence-electron chi connectivity index (χ0n) is 9.68. The number of nitrogens with zero attached hydrogens (tertiary/aromatic N) is 1. The van der Waals surface area contributed by atoms with Crippen LogP contribution in [-0.4, -0.2) is 26.3 Å². The minimum Gasteiger partial charge on any atom is -0.207 e. The van der Waals surface area contributed by atoms with E-state index in [1.165, 1.54) is 4.31 Å². The normalized spacial score (nSPS) is 16.7. The van der Waals surface area contributed by atoms with Crippen LogP contribution >= 0.6 is 0 Å². The molecule has 0 atom stereocenters. The fourth-order valence-electron chi connectivity index (χ4n) is 1.78. The summed E-state index contributed by atoms with van der Waals surface area (Å²) >= 11 is 0. The highest BCUT2D eigenvalue weighted by molar-refractivity contribution is 7.89. The Labute approximate surface area is 97.1 Å². The van der Waals surface area contributed by atoms with Gasteiger partial charge in [0.2, 0.25) is 10.0 Å². The minimum absolute atomic E-state index is 0.429. The molecule has 2 rings (SSSR count). The molecule has 1 fully saturated rings. The van der Waals surface area contributed by atoms with Gasteiger partial charge in [-0.3, -0.25) is 0 Å². The lowest BCUT2D eigenvalue weighted by atomic mass is 10.2. The molecule has 1 aromatic carbocycles. The molecule has 88 valence electrons. The molecule has 0 radical (unpaired) electrons. The maximum Gasteiger partial charge on any atom is 0.243 e. The van der Waals surface area contributed by atoms with E-state index in [0.29, 0.717) is 17.4 Å². The third-order valence-corrected chi connectivity index (χ3v) is 4.98. The van der Waals surface area contributed by atoms with E-state index in [0.717, 1.165) is 18.4 Å². The van der Waals surface area contributed by atoms with Crippen molar-refractivity contribution in [2.24, 2.45) is 5.92 Å². The van der Waals surface area contributed by atoms with Gasteiger partial charge in [-0.15, -0.1) is 0 Å². The van der Waals surface area contributed by atoms with Crippen LogP contribution in [-0.2, 0) is 10.0 Å². The molecular formula is C12H17NO2S. The molecule has 0 bridgehead atoms. The van der Waals surface area contributed by atoms with Gasteiger partial charge in [0.25, 0.3) is 0 Å². The lowest BCUT2D eigenvalue weighted by molar-refractivity contribution is 0.452. The molecule has 1 aliphatic rings. The average Bonchev–Trinajstić information content (AvgIpc) is 3.02. The van der Waals surface area contributed by atoms with Crippen molar-refractivity contribution in [2.75, 3.05) is 13.6 Å². The van der Waals surface area contributed by atoms with Crippen LogP contribution in [0, 0.1) is 12.8 Å². The van der Waals surface area contributed by atoms with Crippen molar-refractivity contribution >= 4 is 10.0 Å². The molecule has 0 unspecified atom stereocenters. The summed E-state index contributed by atoms with van der Waals surface area (Å²) < 4.78 is 26.0. The summed E-state index contributed by atoms with van der Waals surface area (Å²) in [5.74, 6) is 0.573. The van der Waals surface area contributed by atoms with Crippen molar-refractivity contribution in [2.45, 2.75) is 24.7 Å².